The molecule has 0 bridgehead atoms. The summed E-state index contributed by atoms with van der Waals surface area (Å²) in [5.74, 6) is 0.813. The van der Waals surface area contributed by atoms with E-state index in [-0.39, 0.29) is 0 Å². The minimum Gasteiger partial charge on any atom is -0.487 e. The molecule has 0 saturated heterocycles. The lowest BCUT2D eigenvalue weighted by atomic mass is 10.3. The SMILES string of the molecule is Nc1ccc(COc2cccc(Br)c2)nc1. The number of nitrogens with two attached hydrogens (primary N) is 1. The summed E-state index contributed by atoms with van der Waals surface area (Å²) < 4.78 is 6.58. The van der Waals surface area contributed by atoms with Crippen LogP contribution in [0.25, 0.3) is 0 Å². The molecule has 0 unspecified atom stereocenters. The van der Waals surface area contributed by atoms with E-state index in [9.17, 15) is 0 Å². The Kier molecular flexibility index (Phi) is 3.41. The number of anilines is 1. The molecule has 82 valence electrons. The first-order valence-electron chi connectivity index (χ1n) is 4.83. The highest BCUT2D eigenvalue weighted by Crippen LogP contribution is 2.18. The second-order valence-electron chi connectivity index (χ2n) is 3.33. The Hall–Kier alpha value is -1.55. The first kappa shape index (κ1) is 11.0. The summed E-state index contributed by atoms with van der Waals surface area (Å²) in [6.45, 7) is 0.441. The highest BCUT2D eigenvalue weighted by atomic mass is 79.9. The maximum Gasteiger partial charge on any atom is 0.130 e. The normalized spacial score (nSPS) is 10.1. The molecule has 0 spiro atoms. The molecule has 0 atom stereocenters. The fourth-order valence-electron chi connectivity index (χ4n) is 1.24. The third-order valence-corrected chi connectivity index (χ3v) is 2.52. The highest BCUT2D eigenvalue weighted by Gasteiger charge is 1.97. The molecular weight excluding hydrogens is 268 g/mol. The molecule has 1 aromatic heterocycles. The summed E-state index contributed by atoms with van der Waals surface area (Å²) in [7, 11) is 0. The van der Waals surface area contributed by atoms with Crippen LogP contribution >= 0.6 is 15.9 Å². The van der Waals surface area contributed by atoms with Crippen molar-refractivity contribution in [2.45, 2.75) is 6.61 Å². The topological polar surface area (TPSA) is 48.1 Å². The van der Waals surface area contributed by atoms with Crippen LogP contribution in [0.3, 0.4) is 0 Å². The Morgan fingerprint density at radius 2 is 2.12 bits per heavy atom. The number of hydrogen-bond acceptors (Lipinski definition) is 3. The second kappa shape index (κ2) is 4.99. The number of rotatable bonds is 3. The van der Waals surface area contributed by atoms with Crippen LogP contribution in [0.5, 0.6) is 5.75 Å². The van der Waals surface area contributed by atoms with Gasteiger partial charge in [-0.15, -0.1) is 0 Å². The van der Waals surface area contributed by atoms with E-state index in [1.165, 1.54) is 0 Å². The monoisotopic (exact) mass is 278 g/mol. The maximum absolute atomic E-state index is 5.58. The van der Waals surface area contributed by atoms with E-state index in [0.29, 0.717) is 12.3 Å². The molecule has 1 aromatic carbocycles. The van der Waals surface area contributed by atoms with Gasteiger partial charge in [0.05, 0.1) is 17.6 Å². The van der Waals surface area contributed by atoms with Gasteiger partial charge < -0.3 is 10.5 Å². The van der Waals surface area contributed by atoms with Crippen LogP contribution in [0.1, 0.15) is 5.69 Å². The van der Waals surface area contributed by atoms with Crippen molar-refractivity contribution in [1.29, 1.82) is 0 Å². The summed E-state index contributed by atoms with van der Waals surface area (Å²) in [6.07, 6.45) is 1.62. The molecule has 16 heavy (non-hydrogen) atoms. The summed E-state index contributed by atoms with van der Waals surface area (Å²) in [4.78, 5) is 4.15. The Morgan fingerprint density at radius 1 is 1.25 bits per heavy atom. The Bertz CT molecular complexity index is 471. The molecule has 2 rings (SSSR count). The first-order chi connectivity index (χ1) is 7.74. The van der Waals surface area contributed by atoms with Crippen LogP contribution in [-0.4, -0.2) is 4.98 Å². The predicted molar refractivity (Wildman–Crippen MR) is 67.1 cm³/mol. The number of benzene rings is 1. The van der Waals surface area contributed by atoms with Gasteiger partial charge in [-0.05, 0) is 30.3 Å². The summed E-state index contributed by atoms with van der Waals surface area (Å²) in [6, 6.07) is 11.4. The molecule has 0 amide bonds. The van der Waals surface area contributed by atoms with Crippen LogP contribution in [-0.2, 0) is 6.61 Å². The third kappa shape index (κ3) is 2.97. The molecule has 0 aliphatic rings. The molecule has 0 saturated carbocycles. The van der Waals surface area contributed by atoms with Gasteiger partial charge in [-0.25, -0.2) is 0 Å². The number of halogens is 1. The minimum atomic E-state index is 0.441. The van der Waals surface area contributed by atoms with Crippen LogP contribution < -0.4 is 10.5 Å². The highest BCUT2D eigenvalue weighted by molar-refractivity contribution is 9.10. The van der Waals surface area contributed by atoms with E-state index in [1.807, 2.05) is 36.4 Å². The molecule has 4 heteroatoms. The summed E-state index contributed by atoms with van der Waals surface area (Å²) in [5, 5.41) is 0. The zero-order valence-electron chi connectivity index (χ0n) is 8.56. The average Bonchev–Trinajstić information content (AvgIpc) is 2.28. The number of ether oxygens (including phenoxy) is 1. The van der Waals surface area contributed by atoms with Crippen molar-refractivity contribution >= 4 is 21.6 Å². The third-order valence-electron chi connectivity index (χ3n) is 2.03. The van der Waals surface area contributed by atoms with Gasteiger partial charge in [-0.2, -0.15) is 0 Å². The summed E-state index contributed by atoms with van der Waals surface area (Å²) in [5.41, 5.74) is 7.06. The van der Waals surface area contributed by atoms with Crippen molar-refractivity contribution in [3.8, 4) is 5.75 Å². The number of pyridine rings is 1. The molecule has 0 radical (unpaired) electrons. The van der Waals surface area contributed by atoms with Crippen molar-refractivity contribution in [2.24, 2.45) is 0 Å². The van der Waals surface area contributed by atoms with E-state index < -0.39 is 0 Å². The van der Waals surface area contributed by atoms with Gasteiger partial charge in [-0.3, -0.25) is 4.98 Å². The van der Waals surface area contributed by atoms with Crippen molar-refractivity contribution in [3.63, 3.8) is 0 Å². The van der Waals surface area contributed by atoms with Crippen molar-refractivity contribution in [1.82, 2.24) is 4.98 Å². The molecule has 0 fully saturated rings. The quantitative estimate of drug-likeness (QED) is 0.939. The molecule has 3 nitrogen and oxygen atoms in total. The van der Waals surface area contributed by atoms with E-state index in [4.69, 9.17) is 10.5 Å². The van der Waals surface area contributed by atoms with Gasteiger partial charge in [0.25, 0.3) is 0 Å². The molecule has 2 aromatic rings. The molecule has 0 aliphatic carbocycles. The molecule has 1 heterocycles. The lowest BCUT2D eigenvalue weighted by Crippen LogP contribution is -1.98. The van der Waals surface area contributed by atoms with Gasteiger partial charge in [0.2, 0.25) is 0 Å². The van der Waals surface area contributed by atoms with Crippen LogP contribution in [0, 0.1) is 0 Å². The molecule has 0 aliphatic heterocycles. The van der Waals surface area contributed by atoms with Crippen molar-refractivity contribution in [3.05, 3.63) is 52.8 Å². The second-order valence-corrected chi connectivity index (χ2v) is 4.24. The lowest BCUT2D eigenvalue weighted by Gasteiger charge is -2.05. The smallest absolute Gasteiger partial charge is 0.130 e. The standard InChI is InChI=1S/C12H11BrN2O/c13-9-2-1-3-12(6-9)16-8-11-5-4-10(14)7-15-11/h1-7H,8,14H2. The number of hydrogen-bond donors (Lipinski definition) is 1. The minimum absolute atomic E-state index is 0.441. The zero-order chi connectivity index (χ0) is 11.4. The van der Waals surface area contributed by atoms with E-state index >= 15 is 0 Å². The van der Waals surface area contributed by atoms with Crippen molar-refractivity contribution in [2.75, 3.05) is 5.73 Å². The van der Waals surface area contributed by atoms with Crippen molar-refractivity contribution < 1.29 is 4.74 Å². The fourth-order valence-corrected chi connectivity index (χ4v) is 1.61. The van der Waals surface area contributed by atoms with Gasteiger partial charge in [0.15, 0.2) is 0 Å². The van der Waals surface area contributed by atoms with Gasteiger partial charge >= 0.3 is 0 Å². The predicted octanol–water partition coefficient (Wildman–Crippen LogP) is 3.01. The fraction of sp³-hybridized carbons (Fsp3) is 0.0833. The average molecular weight is 279 g/mol. The first-order valence-corrected chi connectivity index (χ1v) is 5.62. The van der Waals surface area contributed by atoms with E-state index in [0.717, 1.165) is 15.9 Å². The van der Waals surface area contributed by atoms with E-state index in [2.05, 4.69) is 20.9 Å². The number of nitrogens with zero attached hydrogens (tertiary/aromatic N) is 1. The lowest BCUT2D eigenvalue weighted by molar-refractivity contribution is 0.301. The number of nitrogen functional groups attached to an aromatic ring is 1. The molecular formula is C12H11BrN2O. The number of aromatic nitrogens is 1. The largest absolute Gasteiger partial charge is 0.487 e. The maximum atomic E-state index is 5.58. The Labute approximate surface area is 102 Å². The Morgan fingerprint density at radius 3 is 2.81 bits per heavy atom. The Balaban J connectivity index is 1.99. The van der Waals surface area contributed by atoms with E-state index in [1.54, 1.807) is 6.20 Å². The summed E-state index contributed by atoms with van der Waals surface area (Å²) >= 11 is 3.39. The van der Waals surface area contributed by atoms with Crippen LogP contribution in [0.2, 0.25) is 0 Å². The van der Waals surface area contributed by atoms with Crippen LogP contribution in [0.15, 0.2) is 47.1 Å². The zero-order valence-corrected chi connectivity index (χ0v) is 10.1. The molecule has 2 N–H and O–H groups in total. The van der Waals surface area contributed by atoms with Crippen LogP contribution in [0.4, 0.5) is 5.69 Å². The van der Waals surface area contributed by atoms with Gasteiger partial charge in [-0.1, -0.05) is 22.0 Å². The van der Waals surface area contributed by atoms with Gasteiger partial charge in [0.1, 0.15) is 12.4 Å². The van der Waals surface area contributed by atoms with Gasteiger partial charge in [0, 0.05) is 4.47 Å².